The highest BCUT2D eigenvalue weighted by Gasteiger charge is 2.24. The van der Waals surface area contributed by atoms with E-state index in [9.17, 15) is 4.79 Å². The highest BCUT2D eigenvalue weighted by Crippen LogP contribution is 2.22. The molecule has 0 aliphatic heterocycles. The van der Waals surface area contributed by atoms with Crippen LogP contribution >= 0.6 is 0 Å². The number of hydrogen-bond acceptors (Lipinski definition) is 5. The molecule has 134 valence electrons. The predicted octanol–water partition coefficient (Wildman–Crippen LogP) is 2.12. The maximum Gasteiger partial charge on any atom is 0.273 e. The number of hydrogen-bond donors (Lipinski definition) is 2. The Bertz CT molecular complexity index is 937. The SMILES string of the molecule is Cc1c(C(=O)NC2CCC(N)CC2)nnn1-c1cccc2cccnc12. The molecule has 3 N–H and O–H groups in total. The molecule has 1 aliphatic rings. The van der Waals surface area contributed by atoms with Crippen molar-refractivity contribution in [3.8, 4) is 5.69 Å². The number of benzene rings is 1. The number of carbonyl (C=O) groups excluding carboxylic acids is 1. The van der Waals surface area contributed by atoms with Gasteiger partial charge in [0.2, 0.25) is 0 Å². The molecule has 26 heavy (non-hydrogen) atoms. The number of carbonyl (C=O) groups is 1. The first-order valence-electron chi connectivity index (χ1n) is 8.96. The molecule has 1 fully saturated rings. The molecule has 7 nitrogen and oxygen atoms in total. The number of aromatic nitrogens is 4. The van der Waals surface area contributed by atoms with E-state index in [-0.39, 0.29) is 18.0 Å². The normalized spacial score (nSPS) is 20.2. The van der Waals surface area contributed by atoms with Crippen molar-refractivity contribution in [2.45, 2.75) is 44.7 Å². The van der Waals surface area contributed by atoms with Crippen LogP contribution in [0.3, 0.4) is 0 Å². The summed E-state index contributed by atoms with van der Waals surface area (Å²) in [6.45, 7) is 1.85. The topological polar surface area (TPSA) is 98.7 Å². The first-order chi connectivity index (χ1) is 12.6. The van der Waals surface area contributed by atoms with Crippen molar-refractivity contribution < 1.29 is 4.79 Å². The zero-order chi connectivity index (χ0) is 18.1. The van der Waals surface area contributed by atoms with Crippen LogP contribution in [0, 0.1) is 6.92 Å². The lowest BCUT2D eigenvalue weighted by Crippen LogP contribution is -2.40. The second-order valence-corrected chi connectivity index (χ2v) is 6.87. The Hall–Kier alpha value is -2.80. The summed E-state index contributed by atoms with van der Waals surface area (Å²) in [7, 11) is 0. The molecule has 0 unspecified atom stereocenters. The molecule has 1 saturated carbocycles. The summed E-state index contributed by atoms with van der Waals surface area (Å²) >= 11 is 0. The van der Waals surface area contributed by atoms with Crippen LogP contribution in [0.4, 0.5) is 0 Å². The number of pyridine rings is 1. The molecule has 0 radical (unpaired) electrons. The number of para-hydroxylation sites is 1. The smallest absolute Gasteiger partial charge is 0.273 e. The van der Waals surface area contributed by atoms with E-state index < -0.39 is 0 Å². The van der Waals surface area contributed by atoms with E-state index in [1.807, 2.05) is 37.3 Å². The van der Waals surface area contributed by atoms with Gasteiger partial charge in [0.05, 0.1) is 16.9 Å². The number of fused-ring (bicyclic) bond motifs is 1. The molecular weight excluding hydrogens is 328 g/mol. The van der Waals surface area contributed by atoms with E-state index in [0.717, 1.165) is 42.3 Å². The van der Waals surface area contributed by atoms with Gasteiger partial charge in [0.25, 0.3) is 5.91 Å². The van der Waals surface area contributed by atoms with Gasteiger partial charge in [-0.2, -0.15) is 0 Å². The Labute approximate surface area is 151 Å². The molecule has 1 aliphatic carbocycles. The van der Waals surface area contributed by atoms with Crippen LogP contribution in [-0.2, 0) is 0 Å². The van der Waals surface area contributed by atoms with Gasteiger partial charge in [0, 0.05) is 23.7 Å². The van der Waals surface area contributed by atoms with E-state index >= 15 is 0 Å². The number of nitrogens with two attached hydrogens (primary N) is 1. The zero-order valence-electron chi connectivity index (χ0n) is 14.7. The lowest BCUT2D eigenvalue weighted by Gasteiger charge is -2.26. The summed E-state index contributed by atoms with van der Waals surface area (Å²) in [5.74, 6) is -0.178. The summed E-state index contributed by atoms with van der Waals surface area (Å²) in [6, 6.07) is 10.2. The third kappa shape index (κ3) is 3.06. The molecule has 3 aromatic rings. The molecule has 4 rings (SSSR count). The lowest BCUT2D eigenvalue weighted by atomic mass is 9.92. The Morgan fingerprint density at radius 2 is 1.96 bits per heavy atom. The Balaban J connectivity index is 1.61. The number of rotatable bonds is 3. The van der Waals surface area contributed by atoms with Crippen molar-refractivity contribution in [2.24, 2.45) is 5.73 Å². The monoisotopic (exact) mass is 350 g/mol. The van der Waals surface area contributed by atoms with Crippen molar-refractivity contribution in [2.75, 3.05) is 0 Å². The first-order valence-corrected chi connectivity index (χ1v) is 8.96. The third-order valence-electron chi connectivity index (χ3n) is 5.06. The summed E-state index contributed by atoms with van der Waals surface area (Å²) in [5.41, 5.74) is 8.63. The van der Waals surface area contributed by atoms with Crippen LogP contribution in [0.2, 0.25) is 0 Å². The molecule has 2 aromatic heterocycles. The average Bonchev–Trinajstić information content (AvgIpc) is 3.04. The maximum absolute atomic E-state index is 12.6. The number of nitrogens with one attached hydrogen (secondary N) is 1. The first kappa shape index (κ1) is 16.7. The summed E-state index contributed by atoms with van der Waals surface area (Å²) in [5, 5.41) is 12.4. The number of nitrogens with zero attached hydrogens (tertiary/aromatic N) is 4. The molecule has 1 aromatic carbocycles. The Kier molecular flexibility index (Phi) is 4.38. The molecular formula is C19H22N6O. The van der Waals surface area contributed by atoms with Crippen molar-refractivity contribution in [1.82, 2.24) is 25.3 Å². The molecule has 0 bridgehead atoms. The van der Waals surface area contributed by atoms with E-state index in [4.69, 9.17) is 5.73 Å². The predicted molar refractivity (Wildman–Crippen MR) is 99.1 cm³/mol. The van der Waals surface area contributed by atoms with Gasteiger partial charge in [0.1, 0.15) is 0 Å². The van der Waals surface area contributed by atoms with E-state index in [1.165, 1.54) is 0 Å². The standard InChI is InChI=1S/C19H22N6O/c1-12-17(19(26)22-15-9-7-14(20)8-10-15)23-24-25(12)16-6-2-4-13-5-3-11-21-18(13)16/h2-6,11,14-15H,7-10,20H2,1H3,(H,22,26). The van der Waals surface area contributed by atoms with Crippen LogP contribution in [0.1, 0.15) is 41.9 Å². The van der Waals surface area contributed by atoms with Gasteiger partial charge in [-0.3, -0.25) is 9.78 Å². The van der Waals surface area contributed by atoms with Crippen LogP contribution in [0.5, 0.6) is 0 Å². The Morgan fingerprint density at radius 1 is 1.19 bits per heavy atom. The van der Waals surface area contributed by atoms with E-state index in [2.05, 4.69) is 20.6 Å². The van der Waals surface area contributed by atoms with Gasteiger partial charge in [-0.15, -0.1) is 5.10 Å². The van der Waals surface area contributed by atoms with Gasteiger partial charge in [0.15, 0.2) is 5.69 Å². The molecule has 2 heterocycles. The molecule has 7 heteroatoms. The third-order valence-corrected chi connectivity index (χ3v) is 5.06. The minimum atomic E-state index is -0.178. The second-order valence-electron chi connectivity index (χ2n) is 6.87. The van der Waals surface area contributed by atoms with Gasteiger partial charge in [-0.1, -0.05) is 23.4 Å². The number of amides is 1. The quantitative estimate of drug-likeness (QED) is 0.754. The fourth-order valence-corrected chi connectivity index (χ4v) is 3.54. The van der Waals surface area contributed by atoms with Gasteiger partial charge in [-0.05, 0) is 44.7 Å². The summed E-state index contributed by atoms with van der Waals surface area (Å²) < 4.78 is 1.68. The van der Waals surface area contributed by atoms with Crippen molar-refractivity contribution >= 4 is 16.8 Å². The highest BCUT2D eigenvalue weighted by atomic mass is 16.2. The molecule has 0 spiro atoms. The van der Waals surface area contributed by atoms with Crippen molar-refractivity contribution in [3.63, 3.8) is 0 Å². The summed E-state index contributed by atoms with van der Waals surface area (Å²) in [4.78, 5) is 17.1. The van der Waals surface area contributed by atoms with Crippen LogP contribution in [0.15, 0.2) is 36.5 Å². The van der Waals surface area contributed by atoms with Gasteiger partial charge < -0.3 is 11.1 Å². The minimum absolute atomic E-state index is 0.158. The zero-order valence-corrected chi connectivity index (χ0v) is 14.7. The lowest BCUT2D eigenvalue weighted by molar-refractivity contribution is 0.0920. The molecule has 1 amide bonds. The molecule has 0 saturated heterocycles. The van der Waals surface area contributed by atoms with Crippen LogP contribution in [-0.4, -0.2) is 38.0 Å². The van der Waals surface area contributed by atoms with Crippen LogP contribution < -0.4 is 11.1 Å². The minimum Gasteiger partial charge on any atom is -0.348 e. The fraction of sp³-hybridized carbons (Fsp3) is 0.368. The van der Waals surface area contributed by atoms with Crippen LogP contribution in [0.25, 0.3) is 16.6 Å². The van der Waals surface area contributed by atoms with E-state index in [1.54, 1.807) is 10.9 Å². The summed E-state index contributed by atoms with van der Waals surface area (Å²) in [6.07, 6.45) is 5.46. The van der Waals surface area contributed by atoms with Gasteiger partial charge >= 0.3 is 0 Å². The van der Waals surface area contributed by atoms with Crippen molar-refractivity contribution in [3.05, 3.63) is 47.9 Å². The van der Waals surface area contributed by atoms with E-state index in [0.29, 0.717) is 11.4 Å². The fourth-order valence-electron chi connectivity index (χ4n) is 3.54. The second kappa shape index (κ2) is 6.84. The maximum atomic E-state index is 12.6. The Morgan fingerprint density at radius 3 is 2.77 bits per heavy atom. The average molecular weight is 350 g/mol. The highest BCUT2D eigenvalue weighted by molar-refractivity contribution is 5.94. The van der Waals surface area contributed by atoms with Gasteiger partial charge in [-0.25, -0.2) is 4.68 Å². The van der Waals surface area contributed by atoms with Crippen molar-refractivity contribution in [1.29, 1.82) is 0 Å². The largest absolute Gasteiger partial charge is 0.348 e. The molecule has 0 atom stereocenters.